The third-order valence-corrected chi connectivity index (χ3v) is 6.59. The fraction of sp³-hybridized carbons (Fsp3) is 0.296. The summed E-state index contributed by atoms with van der Waals surface area (Å²) in [6, 6.07) is 11.9. The lowest BCUT2D eigenvalue weighted by molar-refractivity contribution is 0.287. The molecule has 3 heterocycles. The lowest BCUT2D eigenvalue weighted by Gasteiger charge is -2.24. The smallest absolute Gasteiger partial charge is 0.227 e. The van der Waals surface area contributed by atoms with Gasteiger partial charge in [-0.3, -0.25) is 0 Å². The summed E-state index contributed by atoms with van der Waals surface area (Å²) in [6.07, 6.45) is 3.54. The van der Waals surface area contributed by atoms with Gasteiger partial charge < -0.3 is 36.0 Å². The number of likely N-dealkylation sites (N-methyl/N-ethyl adjacent to an activating group) is 2. The molecule has 0 bridgehead atoms. The van der Waals surface area contributed by atoms with Crippen molar-refractivity contribution in [3.8, 4) is 23.1 Å². The van der Waals surface area contributed by atoms with Crippen LogP contribution in [0.4, 0.5) is 23.0 Å². The first kappa shape index (κ1) is 26.2. The molecule has 5 rings (SSSR count). The van der Waals surface area contributed by atoms with Crippen LogP contribution >= 0.6 is 0 Å². The van der Waals surface area contributed by atoms with E-state index in [1.54, 1.807) is 7.05 Å². The monoisotopic (exact) mass is 586 g/mol. The van der Waals surface area contributed by atoms with Crippen LogP contribution in [0.3, 0.4) is 0 Å². The van der Waals surface area contributed by atoms with Gasteiger partial charge in [-0.1, -0.05) is 17.4 Å². The second-order valence-corrected chi connectivity index (χ2v) is 9.48. The van der Waals surface area contributed by atoms with Crippen LogP contribution in [-0.4, -0.2) is 60.2 Å². The summed E-state index contributed by atoms with van der Waals surface area (Å²) in [5.74, 6) is 5.63. The van der Waals surface area contributed by atoms with Crippen LogP contribution in [0.25, 0.3) is 22.2 Å². The van der Waals surface area contributed by atoms with Gasteiger partial charge in [0.15, 0.2) is 0 Å². The molecule has 1 aliphatic heterocycles. The summed E-state index contributed by atoms with van der Waals surface area (Å²) < 4.78 is 30.5. The molecule has 6 N–H and O–H groups in total. The topological polar surface area (TPSA) is 220 Å². The number of hydrogen-bond acceptors (Lipinski definition) is 10. The van der Waals surface area contributed by atoms with E-state index < -0.39 is 6.98 Å². The van der Waals surface area contributed by atoms with E-state index >= 15 is 0 Å². The zero-order valence-corrected chi connectivity index (χ0v) is 23.9. The first-order chi connectivity index (χ1) is 22.0. The van der Waals surface area contributed by atoms with Crippen molar-refractivity contribution in [1.82, 2.24) is 19.4 Å². The Morgan fingerprint density at radius 1 is 1.26 bits per heavy atom. The van der Waals surface area contributed by atoms with Crippen molar-refractivity contribution in [2.75, 3.05) is 56.7 Å². The number of nitriles is 1. The van der Waals surface area contributed by atoms with Gasteiger partial charge in [0.05, 0.1) is 40.9 Å². The molecule has 0 unspecified atom stereocenters. The molecular formula is C27H33N15O. The molecule has 43 heavy (non-hydrogen) atoms. The van der Waals surface area contributed by atoms with Crippen molar-refractivity contribution in [3.05, 3.63) is 53.9 Å². The number of ether oxygens (including phenoxy) is 1. The molecule has 2 aromatic carbocycles. The van der Waals surface area contributed by atoms with E-state index in [1.807, 2.05) is 55.4 Å². The van der Waals surface area contributed by atoms with Crippen LogP contribution < -0.4 is 26.5 Å². The highest BCUT2D eigenvalue weighted by Crippen LogP contribution is 2.38. The largest absolute Gasteiger partial charge is 0.490 e. The van der Waals surface area contributed by atoms with Gasteiger partial charge >= 0.3 is 0 Å². The van der Waals surface area contributed by atoms with E-state index in [2.05, 4.69) is 52.9 Å². The highest BCUT2D eigenvalue weighted by atomic mass is 16.5. The average Bonchev–Trinajstić information content (AvgIpc) is 3.41. The first-order valence-electron chi connectivity index (χ1n) is 14.5. The molecule has 2 aromatic heterocycles. The van der Waals surface area contributed by atoms with Crippen LogP contribution in [0, 0.1) is 23.8 Å². The molecule has 0 aliphatic carbocycles. The molecular weight excluding hydrogens is 550 g/mol. The number of anilines is 4. The summed E-state index contributed by atoms with van der Waals surface area (Å²) in [5.41, 5.74) is 18.1. The number of aryl methyl sites for hydroxylation is 1. The Balaban J connectivity index is 0.000000617. The molecule has 16 heteroatoms. The van der Waals surface area contributed by atoms with Gasteiger partial charge in [-0.2, -0.15) is 10.8 Å². The van der Waals surface area contributed by atoms with Crippen LogP contribution in [0.2, 0.25) is 0 Å². The highest BCUT2D eigenvalue weighted by molar-refractivity contribution is 5.99. The standard InChI is InChI=1S/C27H30N8O.H3N7/c1-17-12-23(34(4)9-8-33(2)3)21(29)13-22(17)31-27-30-15-18(14-28)25(32-27)20-16-35-10-11-36-24-7-5-6-19(20)26(24)35;1-3-5-7-6-4-2/h5-7,12-13,15-16H,8-11,29H2,1-4H3,(H,30,31,32);(H3,1,2,5,6)/i2D3;. The zero-order valence-electron chi connectivity index (χ0n) is 26.9. The number of nitrogens with zero attached hydrogens (tertiary/aromatic N) is 11. The van der Waals surface area contributed by atoms with E-state index in [0.29, 0.717) is 42.6 Å². The van der Waals surface area contributed by atoms with Crippen LogP contribution in [0.1, 0.15) is 15.2 Å². The molecule has 222 valence electrons. The van der Waals surface area contributed by atoms with E-state index in [-0.39, 0.29) is 0 Å². The maximum atomic E-state index is 9.81. The number of benzene rings is 2. The number of aromatic nitrogens is 3. The second-order valence-electron chi connectivity index (χ2n) is 9.48. The van der Waals surface area contributed by atoms with Gasteiger partial charge in [-0.25, -0.2) is 9.97 Å². The molecule has 1 aliphatic rings. The average molecular weight is 587 g/mol. The van der Waals surface area contributed by atoms with Gasteiger partial charge in [0, 0.05) is 47.1 Å². The summed E-state index contributed by atoms with van der Waals surface area (Å²) in [7, 11) is 3.46. The number of rotatable bonds is 9. The third-order valence-electron chi connectivity index (χ3n) is 6.59. The Morgan fingerprint density at radius 2 is 2.09 bits per heavy atom. The molecule has 0 amide bonds. The van der Waals surface area contributed by atoms with Gasteiger partial charge in [-0.15, -0.1) is 0 Å². The van der Waals surface area contributed by atoms with Crippen molar-refractivity contribution in [3.63, 3.8) is 0 Å². The quantitative estimate of drug-likeness (QED) is 0.0928. The third kappa shape index (κ3) is 6.97. The molecule has 16 nitrogen and oxygen atoms in total. The molecule has 4 aromatic rings. The van der Waals surface area contributed by atoms with Crippen molar-refractivity contribution < 1.29 is 8.85 Å². The molecule has 0 saturated heterocycles. The first-order valence-corrected chi connectivity index (χ1v) is 13.0. The van der Waals surface area contributed by atoms with Gasteiger partial charge in [0.25, 0.3) is 0 Å². The zero-order chi connectivity index (χ0) is 33.4. The summed E-state index contributed by atoms with van der Waals surface area (Å²) in [5, 5.41) is 27.6. The van der Waals surface area contributed by atoms with Crippen molar-refractivity contribution >= 4 is 33.9 Å². The minimum Gasteiger partial charge on any atom is -0.490 e. The summed E-state index contributed by atoms with van der Waals surface area (Å²) >= 11 is 0. The maximum Gasteiger partial charge on any atom is 0.227 e. The predicted molar refractivity (Wildman–Crippen MR) is 163 cm³/mol. The molecule has 0 spiro atoms. The highest BCUT2D eigenvalue weighted by Gasteiger charge is 2.21. The Bertz CT molecular complexity index is 1810. The maximum absolute atomic E-state index is 9.81. The Labute approximate surface area is 252 Å². The second kappa shape index (κ2) is 13.8. The summed E-state index contributed by atoms with van der Waals surface area (Å²) in [6.45, 7) is 1.96. The van der Waals surface area contributed by atoms with Crippen LogP contribution in [0.15, 0.2) is 68.8 Å². The van der Waals surface area contributed by atoms with Crippen molar-refractivity contribution in [2.24, 2.45) is 32.0 Å². The van der Waals surface area contributed by atoms with Crippen molar-refractivity contribution in [2.45, 2.75) is 13.5 Å². The molecule has 0 saturated carbocycles. The van der Waals surface area contributed by atoms with E-state index in [9.17, 15) is 5.26 Å². The Kier molecular flexibility index (Phi) is 8.41. The normalized spacial score (nSPS) is 13.5. The minimum absolute atomic E-state index is 0.343. The fourth-order valence-corrected chi connectivity index (χ4v) is 4.57. The predicted octanol–water partition coefficient (Wildman–Crippen LogP) is 4.62. The number of nitrogens with two attached hydrogens (primary N) is 2. The Hall–Kier alpha value is -5.69. The van der Waals surface area contributed by atoms with E-state index in [0.717, 1.165) is 45.7 Å². The van der Waals surface area contributed by atoms with Gasteiger partial charge in [0.2, 0.25) is 5.95 Å². The fourth-order valence-electron chi connectivity index (χ4n) is 4.57. The summed E-state index contributed by atoms with van der Waals surface area (Å²) in [4.78, 5) is 12.4. The van der Waals surface area contributed by atoms with Crippen LogP contribution in [0.5, 0.6) is 5.75 Å². The molecule has 0 radical (unpaired) electrons. The molecule has 0 atom stereocenters. The lowest BCUT2D eigenvalue weighted by atomic mass is 10.1. The van der Waals surface area contributed by atoms with Gasteiger partial charge in [0.1, 0.15) is 18.4 Å². The number of para-hydroxylation sites is 1. The molecule has 0 fully saturated rings. The number of nitrogens with one attached hydrogen (secondary N) is 2. The van der Waals surface area contributed by atoms with Gasteiger partial charge in [-0.05, 0) is 65.6 Å². The van der Waals surface area contributed by atoms with Crippen molar-refractivity contribution in [1.29, 1.82) is 10.8 Å². The number of nitrogen functional groups attached to an aromatic ring is 1. The SMILES string of the molecule is N=N/N=N/N=N/N.[2H]C([2H])([2H])N(C)CCN(C)c1cc(C)c(Nc2ncc(C#N)c(-c3cn4c5c(cccc35)OCC4)n2)cc1N. The Morgan fingerprint density at radius 3 is 2.84 bits per heavy atom. The van der Waals surface area contributed by atoms with E-state index in [4.69, 9.17) is 25.1 Å². The minimum atomic E-state index is -2.14. The lowest BCUT2D eigenvalue weighted by Crippen LogP contribution is -2.29. The van der Waals surface area contributed by atoms with Crippen LogP contribution in [-0.2, 0) is 6.54 Å². The number of hydrogen-bond donors (Lipinski definition) is 4. The van der Waals surface area contributed by atoms with E-state index in [1.165, 1.54) is 11.1 Å².